The molecule has 0 spiro atoms. The topological polar surface area (TPSA) is 122 Å². The highest BCUT2D eigenvalue weighted by atomic mass is 16.6. The number of ether oxygens (including phenoxy) is 4. The molecule has 2 atom stereocenters. The molecule has 2 aromatic rings. The smallest absolute Gasteiger partial charge is 0.125 e. The highest BCUT2D eigenvalue weighted by molar-refractivity contribution is 5.69. The van der Waals surface area contributed by atoms with E-state index in [1.807, 2.05) is 0 Å². The third kappa shape index (κ3) is 7.17. The second-order valence-corrected chi connectivity index (χ2v) is 9.16. The summed E-state index contributed by atoms with van der Waals surface area (Å²) in [7, 11) is 0. The fraction of sp³-hybridized carbons (Fsp3) is 0.556. The maximum absolute atomic E-state index is 6.28. The molecule has 2 aliphatic rings. The Labute approximate surface area is 202 Å². The van der Waals surface area contributed by atoms with Gasteiger partial charge in [0.1, 0.15) is 36.9 Å². The lowest BCUT2D eigenvalue weighted by molar-refractivity contribution is 0.259. The van der Waals surface area contributed by atoms with Gasteiger partial charge in [-0.05, 0) is 110 Å². The van der Waals surface area contributed by atoms with Gasteiger partial charge in [0.15, 0.2) is 0 Å². The van der Waals surface area contributed by atoms with Gasteiger partial charge in [-0.15, -0.1) is 0 Å². The minimum Gasteiger partial charge on any atom is -0.491 e. The summed E-state index contributed by atoms with van der Waals surface area (Å²) in [6.07, 6.45) is 5.82. The van der Waals surface area contributed by atoms with Crippen molar-refractivity contribution in [3.8, 4) is 22.6 Å². The zero-order chi connectivity index (χ0) is 23.8. The van der Waals surface area contributed by atoms with Crippen molar-refractivity contribution in [2.24, 2.45) is 17.2 Å². The molecule has 2 saturated heterocycles. The van der Waals surface area contributed by atoms with Crippen LogP contribution in [0.1, 0.15) is 36.0 Å². The van der Waals surface area contributed by atoms with E-state index in [4.69, 9.17) is 36.1 Å². The first kappa shape index (κ1) is 24.9. The molecule has 0 radical (unpaired) electrons. The van der Waals surface area contributed by atoms with Gasteiger partial charge in [-0.25, -0.2) is 0 Å². The first-order valence-electron chi connectivity index (χ1n) is 12.6. The first-order valence-corrected chi connectivity index (χ1v) is 12.6. The molecule has 2 unspecified atom stereocenters. The number of hydrogen-bond acceptors (Lipinski definition) is 7. The van der Waals surface area contributed by atoms with Crippen molar-refractivity contribution in [1.29, 1.82) is 0 Å². The maximum Gasteiger partial charge on any atom is 0.125 e. The molecule has 186 valence electrons. The van der Waals surface area contributed by atoms with Crippen molar-refractivity contribution in [3.05, 3.63) is 47.0 Å². The number of epoxide rings is 2. The van der Waals surface area contributed by atoms with Crippen LogP contribution in [-0.2, 0) is 28.7 Å². The third-order valence-corrected chi connectivity index (χ3v) is 6.23. The van der Waals surface area contributed by atoms with Gasteiger partial charge in [0.2, 0.25) is 0 Å². The normalized spacial score (nSPS) is 18.7. The molecule has 0 bridgehead atoms. The molecule has 2 aliphatic heterocycles. The Morgan fingerprint density at radius 1 is 0.676 bits per heavy atom. The Morgan fingerprint density at radius 2 is 1.18 bits per heavy atom. The van der Waals surface area contributed by atoms with Gasteiger partial charge in [-0.3, -0.25) is 0 Å². The van der Waals surface area contributed by atoms with E-state index in [2.05, 4.69) is 30.3 Å². The number of benzene rings is 2. The van der Waals surface area contributed by atoms with Crippen LogP contribution in [0.5, 0.6) is 11.5 Å². The van der Waals surface area contributed by atoms with Gasteiger partial charge in [-0.1, -0.05) is 6.07 Å². The molecule has 2 fully saturated rings. The van der Waals surface area contributed by atoms with Crippen LogP contribution in [0.3, 0.4) is 0 Å². The Balaban J connectivity index is 1.65. The Hall–Kier alpha value is -2.16. The van der Waals surface area contributed by atoms with Crippen molar-refractivity contribution < 1.29 is 18.9 Å². The zero-order valence-corrected chi connectivity index (χ0v) is 20.1. The molecule has 4 rings (SSSR count). The molecule has 2 heterocycles. The standard InChI is InChI=1S/C27H39N3O4/c28-9-1-4-20-12-19(7-8-26(20)33-17-24-15-31-24)23-13-21(5-2-10-29)27(34-18-25-16-32-25)22(14-23)6-3-11-30/h7-8,12-14,24-25H,1-6,9-11,15-18,28-30H2. The maximum atomic E-state index is 6.28. The number of hydrogen-bond donors (Lipinski definition) is 3. The minimum atomic E-state index is 0.211. The van der Waals surface area contributed by atoms with E-state index >= 15 is 0 Å². The summed E-state index contributed by atoms with van der Waals surface area (Å²) < 4.78 is 23.0. The molecule has 34 heavy (non-hydrogen) atoms. The van der Waals surface area contributed by atoms with E-state index in [1.165, 1.54) is 27.8 Å². The van der Waals surface area contributed by atoms with Gasteiger partial charge in [0, 0.05) is 0 Å². The van der Waals surface area contributed by atoms with Crippen LogP contribution in [0.25, 0.3) is 11.1 Å². The number of rotatable bonds is 16. The molecular formula is C27H39N3O4. The monoisotopic (exact) mass is 469 g/mol. The lowest BCUT2D eigenvalue weighted by atomic mass is 9.93. The minimum absolute atomic E-state index is 0.211. The fourth-order valence-electron chi connectivity index (χ4n) is 4.14. The van der Waals surface area contributed by atoms with Crippen molar-refractivity contribution in [1.82, 2.24) is 0 Å². The summed E-state index contributed by atoms with van der Waals surface area (Å²) in [4.78, 5) is 0. The second kappa shape index (κ2) is 12.5. The van der Waals surface area contributed by atoms with E-state index < -0.39 is 0 Å². The molecule has 0 amide bonds. The largest absolute Gasteiger partial charge is 0.491 e. The summed E-state index contributed by atoms with van der Waals surface area (Å²) in [6.45, 7) is 4.69. The van der Waals surface area contributed by atoms with Gasteiger partial charge in [0.25, 0.3) is 0 Å². The van der Waals surface area contributed by atoms with E-state index in [0.717, 1.165) is 63.2 Å². The first-order chi connectivity index (χ1) is 16.7. The van der Waals surface area contributed by atoms with E-state index in [0.29, 0.717) is 32.8 Å². The lowest BCUT2D eigenvalue weighted by Gasteiger charge is -2.19. The average Bonchev–Trinajstić information content (AvgIpc) is 3.78. The number of nitrogens with two attached hydrogens (primary N) is 3. The van der Waals surface area contributed by atoms with Crippen LogP contribution in [0.4, 0.5) is 0 Å². The molecular weight excluding hydrogens is 430 g/mol. The van der Waals surface area contributed by atoms with Gasteiger partial charge in [-0.2, -0.15) is 0 Å². The van der Waals surface area contributed by atoms with Crippen molar-refractivity contribution >= 4 is 0 Å². The molecule has 2 aromatic carbocycles. The summed E-state index contributed by atoms with van der Waals surface area (Å²) in [5.41, 5.74) is 23.4. The predicted octanol–water partition coefficient (Wildman–Crippen LogP) is 2.58. The van der Waals surface area contributed by atoms with Crippen LogP contribution in [0, 0.1) is 0 Å². The van der Waals surface area contributed by atoms with Crippen LogP contribution in [-0.4, -0.2) is 58.3 Å². The number of aryl methyl sites for hydroxylation is 3. The summed E-state index contributed by atoms with van der Waals surface area (Å²) in [5, 5.41) is 0. The second-order valence-electron chi connectivity index (χ2n) is 9.16. The highest BCUT2D eigenvalue weighted by Crippen LogP contribution is 2.35. The SMILES string of the molecule is NCCCc1cc(-c2cc(CCCN)c(OCC3CO3)c(CCCN)c2)ccc1OCC1CO1. The van der Waals surface area contributed by atoms with Gasteiger partial charge < -0.3 is 36.1 Å². The molecule has 0 aromatic heterocycles. The molecule has 0 aliphatic carbocycles. The average molecular weight is 470 g/mol. The van der Waals surface area contributed by atoms with Gasteiger partial charge in [0.05, 0.1) is 13.2 Å². The molecule has 7 heteroatoms. The lowest BCUT2D eigenvalue weighted by Crippen LogP contribution is -2.11. The summed E-state index contributed by atoms with van der Waals surface area (Å²) in [6, 6.07) is 11.0. The quantitative estimate of drug-likeness (QED) is 0.323. The van der Waals surface area contributed by atoms with Crippen LogP contribution in [0.15, 0.2) is 30.3 Å². The van der Waals surface area contributed by atoms with E-state index in [9.17, 15) is 0 Å². The van der Waals surface area contributed by atoms with Crippen LogP contribution < -0.4 is 26.7 Å². The molecule has 6 N–H and O–H groups in total. The Kier molecular flexibility index (Phi) is 9.18. The molecule has 0 saturated carbocycles. The van der Waals surface area contributed by atoms with E-state index in [-0.39, 0.29) is 12.2 Å². The van der Waals surface area contributed by atoms with Crippen molar-refractivity contribution in [3.63, 3.8) is 0 Å². The van der Waals surface area contributed by atoms with E-state index in [1.54, 1.807) is 0 Å². The molecule has 7 nitrogen and oxygen atoms in total. The highest BCUT2D eigenvalue weighted by Gasteiger charge is 2.25. The van der Waals surface area contributed by atoms with Crippen LogP contribution >= 0.6 is 0 Å². The van der Waals surface area contributed by atoms with Gasteiger partial charge >= 0.3 is 0 Å². The summed E-state index contributed by atoms with van der Waals surface area (Å²) in [5.74, 6) is 1.90. The fourth-order valence-corrected chi connectivity index (χ4v) is 4.14. The zero-order valence-electron chi connectivity index (χ0n) is 20.1. The van der Waals surface area contributed by atoms with Crippen LogP contribution in [0.2, 0.25) is 0 Å². The van der Waals surface area contributed by atoms with Crippen molar-refractivity contribution in [2.75, 3.05) is 46.1 Å². The predicted molar refractivity (Wildman–Crippen MR) is 134 cm³/mol. The Morgan fingerprint density at radius 3 is 1.71 bits per heavy atom. The summed E-state index contributed by atoms with van der Waals surface area (Å²) >= 11 is 0. The van der Waals surface area contributed by atoms with Crippen molar-refractivity contribution in [2.45, 2.75) is 50.7 Å². The Bertz CT molecular complexity index is 899. The third-order valence-electron chi connectivity index (χ3n) is 6.23.